The van der Waals surface area contributed by atoms with Gasteiger partial charge >= 0.3 is 12.1 Å². The largest absolute Gasteiger partial charge is 0.471 e. The number of carbonyl (C=O) groups excluding carboxylic acids is 2. The summed E-state index contributed by atoms with van der Waals surface area (Å²) in [6.45, 7) is 4.21. The van der Waals surface area contributed by atoms with Crippen molar-refractivity contribution in [3.8, 4) is 11.1 Å². The first-order valence-corrected chi connectivity index (χ1v) is 19.7. The lowest BCUT2D eigenvalue weighted by molar-refractivity contribution is -0.276. The molecular formula is C47H48F3N3O5. The number of ether oxygens (including phenoxy) is 2. The van der Waals surface area contributed by atoms with Crippen LogP contribution in [0.5, 0.6) is 0 Å². The van der Waals surface area contributed by atoms with Gasteiger partial charge in [-0.1, -0.05) is 140 Å². The second-order valence-corrected chi connectivity index (χ2v) is 15.1. The smallest absolute Gasteiger partial charge is 0.392 e. The number of amides is 2. The molecule has 5 aromatic carbocycles. The predicted octanol–water partition coefficient (Wildman–Crippen LogP) is 8.51. The van der Waals surface area contributed by atoms with E-state index in [1.807, 2.05) is 84.9 Å². The maximum absolute atomic E-state index is 13.2. The van der Waals surface area contributed by atoms with Gasteiger partial charge in [-0.3, -0.25) is 14.5 Å². The minimum atomic E-state index is -5.04. The van der Waals surface area contributed by atoms with E-state index in [4.69, 9.17) is 9.47 Å². The highest BCUT2D eigenvalue weighted by atomic mass is 19.4. The van der Waals surface area contributed by atoms with E-state index in [2.05, 4.69) is 65.7 Å². The van der Waals surface area contributed by atoms with E-state index in [0.29, 0.717) is 17.9 Å². The first-order chi connectivity index (χ1) is 28.1. The zero-order chi connectivity index (χ0) is 40.6. The molecule has 302 valence electrons. The number of hydrogen-bond acceptors (Lipinski definition) is 6. The Morgan fingerprint density at radius 1 is 0.776 bits per heavy atom. The summed E-state index contributed by atoms with van der Waals surface area (Å²) in [6.07, 6.45) is -5.72. The highest BCUT2D eigenvalue weighted by Gasteiger charge is 2.47. The van der Waals surface area contributed by atoms with Crippen LogP contribution in [-0.4, -0.2) is 58.1 Å². The zero-order valence-electron chi connectivity index (χ0n) is 32.4. The number of halogens is 3. The van der Waals surface area contributed by atoms with Crippen molar-refractivity contribution in [3.63, 3.8) is 0 Å². The lowest BCUT2D eigenvalue weighted by atomic mass is 9.89. The molecule has 7 rings (SSSR count). The Bertz CT molecular complexity index is 2070. The molecule has 2 heterocycles. The molecule has 11 heteroatoms. The molecule has 0 saturated carbocycles. The van der Waals surface area contributed by atoms with Crippen LogP contribution in [0.15, 0.2) is 133 Å². The van der Waals surface area contributed by atoms with Crippen molar-refractivity contribution < 1.29 is 37.3 Å². The van der Waals surface area contributed by atoms with Gasteiger partial charge in [-0.05, 0) is 51.8 Å². The number of alkyl halides is 3. The highest BCUT2D eigenvalue weighted by molar-refractivity contribution is 5.90. The molecule has 0 aromatic heterocycles. The van der Waals surface area contributed by atoms with E-state index in [-0.39, 0.29) is 44.2 Å². The number of likely N-dealkylation sites (tertiary alicyclic amines) is 1. The number of aliphatic hydroxyl groups is 1. The molecule has 0 bridgehead atoms. The van der Waals surface area contributed by atoms with Gasteiger partial charge in [0.25, 0.3) is 0 Å². The van der Waals surface area contributed by atoms with E-state index in [9.17, 15) is 27.9 Å². The van der Waals surface area contributed by atoms with E-state index in [1.165, 1.54) is 11.1 Å². The first kappa shape index (κ1) is 40.9. The minimum Gasteiger partial charge on any atom is -0.392 e. The van der Waals surface area contributed by atoms with Gasteiger partial charge < -0.3 is 24.8 Å². The Kier molecular flexibility index (Phi) is 13.0. The number of rotatable bonds is 13. The molecule has 0 radical (unpaired) electrons. The number of hydrogen-bond donors (Lipinski definition) is 2. The topological polar surface area (TPSA) is 91.3 Å². The quantitative estimate of drug-likeness (QED) is 0.124. The molecule has 2 saturated heterocycles. The normalized spacial score (nSPS) is 20.9. The van der Waals surface area contributed by atoms with Crippen LogP contribution in [0.25, 0.3) is 11.1 Å². The van der Waals surface area contributed by atoms with Gasteiger partial charge in [-0.2, -0.15) is 13.2 Å². The van der Waals surface area contributed by atoms with Gasteiger partial charge in [0, 0.05) is 44.2 Å². The lowest BCUT2D eigenvalue weighted by Gasteiger charge is -2.43. The Hall–Kier alpha value is -5.33. The van der Waals surface area contributed by atoms with Gasteiger partial charge in [-0.15, -0.1) is 0 Å². The highest BCUT2D eigenvalue weighted by Crippen LogP contribution is 2.42. The molecule has 8 nitrogen and oxygen atoms in total. The standard InChI is InChI=1S/C47H48F3N3O5/c1-32-42(30-52(28-33-11-4-2-5-12-33)29-34-13-6-3-7-14-34)57-45(58-43(32)37-20-18-35(31-54)19-21-37)38-24-22-36(23-25-38)40-16-9-8-15-39(40)27-51-44(55)41-17-10-26-53(41)46(56)47(48,49)50/h2-9,11-16,18-25,32,41-43,45,54H,10,17,26-31H2,1H3,(H,51,55)/t32-,41-,42+,43+,45+/m0/s1. The number of aliphatic hydroxyl groups excluding tert-OH is 1. The summed E-state index contributed by atoms with van der Waals surface area (Å²) in [4.78, 5) is 28.1. The molecule has 58 heavy (non-hydrogen) atoms. The monoisotopic (exact) mass is 791 g/mol. The molecule has 5 atom stereocenters. The van der Waals surface area contributed by atoms with Crippen LogP contribution in [0.2, 0.25) is 0 Å². The maximum atomic E-state index is 13.2. The second-order valence-electron chi connectivity index (χ2n) is 15.1. The van der Waals surface area contributed by atoms with Crippen LogP contribution in [-0.2, 0) is 45.3 Å². The molecule has 0 unspecified atom stereocenters. The molecule has 2 aliphatic heterocycles. The van der Waals surface area contributed by atoms with Crippen molar-refractivity contribution in [2.45, 2.75) is 76.7 Å². The van der Waals surface area contributed by atoms with Crippen LogP contribution in [0.1, 0.15) is 65.5 Å². The maximum Gasteiger partial charge on any atom is 0.471 e. The molecule has 2 amide bonds. The Labute approximate surface area is 337 Å². The van der Waals surface area contributed by atoms with Gasteiger partial charge in [-0.25, -0.2) is 0 Å². The average Bonchev–Trinajstić information content (AvgIpc) is 3.74. The van der Waals surface area contributed by atoms with E-state index < -0.39 is 30.3 Å². The van der Waals surface area contributed by atoms with Crippen LogP contribution < -0.4 is 5.32 Å². The Balaban J connectivity index is 1.11. The summed E-state index contributed by atoms with van der Waals surface area (Å²) in [6, 6.07) is 42.9. The summed E-state index contributed by atoms with van der Waals surface area (Å²) in [7, 11) is 0. The Morgan fingerprint density at radius 2 is 1.38 bits per heavy atom. The van der Waals surface area contributed by atoms with Gasteiger partial charge in [0.1, 0.15) is 6.04 Å². The van der Waals surface area contributed by atoms with Crippen LogP contribution >= 0.6 is 0 Å². The van der Waals surface area contributed by atoms with E-state index >= 15 is 0 Å². The zero-order valence-corrected chi connectivity index (χ0v) is 32.4. The number of nitrogens with one attached hydrogen (secondary N) is 1. The Morgan fingerprint density at radius 3 is 2.00 bits per heavy atom. The minimum absolute atomic E-state index is 0.0190. The fraction of sp³-hybridized carbons (Fsp3) is 0.319. The van der Waals surface area contributed by atoms with E-state index in [1.54, 1.807) is 0 Å². The number of carbonyl (C=O) groups is 2. The third-order valence-electron chi connectivity index (χ3n) is 11.1. The third kappa shape index (κ3) is 9.85. The van der Waals surface area contributed by atoms with Crippen molar-refractivity contribution >= 4 is 11.8 Å². The molecule has 0 spiro atoms. The van der Waals surface area contributed by atoms with Crippen molar-refractivity contribution in [2.75, 3.05) is 13.1 Å². The fourth-order valence-corrected chi connectivity index (χ4v) is 7.97. The molecule has 2 N–H and O–H groups in total. The summed E-state index contributed by atoms with van der Waals surface area (Å²) < 4.78 is 53.2. The summed E-state index contributed by atoms with van der Waals surface area (Å²) in [5.74, 6) is -2.61. The number of benzene rings is 5. The van der Waals surface area contributed by atoms with Crippen molar-refractivity contribution in [2.24, 2.45) is 5.92 Å². The van der Waals surface area contributed by atoms with Crippen molar-refractivity contribution in [1.29, 1.82) is 0 Å². The molecule has 5 aromatic rings. The fourth-order valence-electron chi connectivity index (χ4n) is 7.97. The third-order valence-corrected chi connectivity index (χ3v) is 11.1. The molecule has 0 aliphatic carbocycles. The van der Waals surface area contributed by atoms with E-state index in [0.717, 1.165) is 46.5 Å². The van der Waals surface area contributed by atoms with Crippen molar-refractivity contribution in [1.82, 2.24) is 15.1 Å². The summed E-state index contributed by atoms with van der Waals surface area (Å²) in [5, 5.41) is 12.5. The molecular weight excluding hydrogens is 744 g/mol. The van der Waals surface area contributed by atoms with Gasteiger partial charge in [0.2, 0.25) is 5.91 Å². The predicted molar refractivity (Wildman–Crippen MR) is 214 cm³/mol. The van der Waals surface area contributed by atoms with Crippen LogP contribution in [0.4, 0.5) is 13.2 Å². The van der Waals surface area contributed by atoms with Crippen molar-refractivity contribution in [3.05, 3.63) is 167 Å². The molecule has 2 fully saturated rings. The summed E-state index contributed by atoms with van der Waals surface area (Å²) in [5.41, 5.74) is 7.56. The SMILES string of the molecule is C[C@H]1[C@@H](CN(Cc2ccccc2)Cc2ccccc2)O[C@@H](c2ccc(-c3ccccc3CNC(=O)[C@@H]3CCCN3C(=O)C(F)(F)F)cc2)O[C@H]1c1ccc(CO)cc1. The lowest BCUT2D eigenvalue weighted by Crippen LogP contribution is -2.50. The van der Waals surface area contributed by atoms with Crippen LogP contribution in [0.3, 0.4) is 0 Å². The van der Waals surface area contributed by atoms with Gasteiger partial charge in [0.05, 0.1) is 18.8 Å². The second kappa shape index (κ2) is 18.5. The van der Waals surface area contributed by atoms with Gasteiger partial charge in [0.15, 0.2) is 6.29 Å². The average molecular weight is 792 g/mol. The number of nitrogens with zero attached hydrogens (tertiary/aromatic N) is 2. The molecule has 2 aliphatic rings. The van der Waals surface area contributed by atoms with Crippen LogP contribution in [0, 0.1) is 5.92 Å². The first-order valence-electron chi connectivity index (χ1n) is 19.7. The summed E-state index contributed by atoms with van der Waals surface area (Å²) >= 11 is 0.